The van der Waals surface area contributed by atoms with Gasteiger partial charge in [0.25, 0.3) is 0 Å². The molecule has 0 aromatic heterocycles. The predicted octanol–water partition coefficient (Wildman–Crippen LogP) is 1.69. The molecular formula is C11H13F2NO2. The molecule has 0 aliphatic rings. The number of carboxylic acid groups (broad SMARTS) is 1. The average molecular weight is 229 g/mol. The Morgan fingerprint density at radius 3 is 2.56 bits per heavy atom. The Balaban J connectivity index is 3.10. The summed E-state index contributed by atoms with van der Waals surface area (Å²) in [6.07, 6.45) is 0. The van der Waals surface area contributed by atoms with E-state index in [9.17, 15) is 13.6 Å². The van der Waals surface area contributed by atoms with Crippen LogP contribution in [0, 0.1) is 11.6 Å². The number of carboxylic acids is 1. The molecule has 0 heterocycles. The van der Waals surface area contributed by atoms with Crippen molar-refractivity contribution in [3.05, 3.63) is 35.4 Å². The minimum Gasteiger partial charge on any atom is -0.481 e. The summed E-state index contributed by atoms with van der Waals surface area (Å²) < 4.78 is 26.3. The third kappa shape index (κ3) is 3.00. The van der Waals surface area contributed by atoms with Gasteiger partial charge in [0.2, 0.25) is 0 Å². The first-order valence-corrected chi connectivity index (χ1v) is 4.74. The molecule has 0 bridgehead atoms. The maximum atomic E-state index is 13.4. The molecule has 0 saturated carbocycles. The average Bonchev–Trinajstić information content (AvgIpc) is 2.18. The monoisotopic (exact) mass is 229 g/mol. The highest BCUT2D eigenvalue weighted by atomic mass is 19.1. The molecule has 0 amide bonds. The molecular weight excluding hydrogens is 216 g/mol. The number of benzene rings is 1. The first-order chi connectivity index (χ1) is 7.41. The molecule has 0 aliphatic heterocycles. The van der Waals surface area contributed by atoms with E-state index < -0.39 is 23.5 Å². The number of likely N-dealkylation sites (N-methyl/N-ethyl adjacent to an activating group) is 1. The number of hydrogen-bond donors (Lipinski definition) is 1. The van der Waals surface area contributed by atoms with Gasteiger partial charge in [-0.25, -0.2) is 8.78 Å². The van der Waals surface area contributed by atoms with E-state index in [1.165, 1.54) is 0 Å². The van der Waals surface area contributed by atoms with Crippen molar-refractivity contribution in [2.24, 2.45) is 0 Å². The van der Waals surface area contributed by atoms with Crippen LogP contribution in [0.1, 0.15) is 11.5 Å². The fraction of sp³-hybridized carbons (Fsp3) is 0.364. The van der Waals surface area contributed by atoms with Crippen molar-refractivity contribution in [3.63, 3.8) is 0 Å². The molecule has 5 heteroatoms. The number of carbonyl (C=O) groups is 1. The lowest BCUT2D eigenvalue weighted by Crippen LogP contribution is -2.26. The second-order valence-electron chi connectivity index (χ2n) is 3.82. The molecule has 16 heavy (non-hydrogen) atoms. The maximum Gasteiger partial charge on any atom is 0.312 e. The molecule has 1 N–H and O–H groups in total. The van der Waals surface area contributed by atoms with Crippen molar-refractivity contribution in [1.82, 2.24) is 4.90 Å². The summed E-state index contributed by atoms with van der Waals surface area (Å²) in [5.41, 5.74) is -0.124. The Labute approximate surface area is 92.3 Å². The molecule has 1 aromatic rings. The van der Waals surface area contributed by atoms with Crippen LogP contribution in [0.4, 0.5) is 8.78 Å². The van der Waals surface area contributed by atoms with E-state index in [1.54, 1.807) is 19.0 Å². The van der Waals surface area contributed by atoms with Gasteiger partial charge in [0, 0.05) is 12.1 Å². The standard InChI is InChI=1S/C11H13F2NO2/c1-14(2)6-9(11(15)16)8-5-7(12)3-4-10(8)13/h3-5,9H,6H2,1-2H3,(H,15,16). The number of aliphatic carboxylic acids is 1. The van der Waals surface area contributed by atoms with Crippen molar-refractivity contribution >= 4 is 5.97 Å². The van der Waals surface area contributed by atoms with Crippen LogP contribution in [-0.4, -0.2) is 36.6 Å². The fourth-order valence-corrected chi connectivity index (χ4v) is 1.46. The Bertz CT molecular complexity index is 394. The minimum absolute atomic E-state index is 0.121. The van der Waals surface area contributed by atoms with Crippen molar-refractivity contribution in [1.29, 1.82) is 0 Å². The number of halogens is 2. The third-order valence-corrected chi connectivity index (χ3v) is 2.18. The first kappa shape index (κ1) is 12.6. The smallest absolute Gasteiger partial charge is 0.312 e. The lowest BCUT2D eigenvalue weighted by Gasteiger charge is -2.18. The van der Waals surface area contributed by atoms with Crippen LogP contribution in [-0.2, 0) is 4.79 Å². The zero-order valence-electron chi connectivity index (χ0n) is 9.08. The molecule has 1 unspecified atom stereocenters. The Hall–Kier alpha value is -1.49. The van der Waals surface area contributed by atoms with Crippen molar-refractivity contribution in [3.8, 4) is 0 Å². The summed E-state index contributed by atoms with van der Waals surface area (Å²) in [5.74, 6) is -3.57. The highest BCUT2D eigenvalue weighted by Crippen LogP contribution is 2.21. The van der Waals surface area contributed by atoms with Crippen molar-refractivity contribution in [2.75, 3.05) is 20.6 Å². The summed E-state index contributed by atoms with van der Waals surface area (Å²) in [5, 5.41) is 8.98. The molecule has 0 spiro atoms. The van der Waals surface area contributed by atoms with E-state index in [2.05, 4.69) is 0 Å². The summed E-state index contributed by atoms with van der Waals surface area (Å²) in [6.45, 7) is 0.121. The van der Waals surface area contributed by atoms with E-state index in [-0.39, 0.29) is 12.1 Å². The van der Waals surface area contributed by atoms with E-state index in [4.69, 9.17) is 5.11 Å². The van der Waals surface area contributed by atoms with Crippen LogP contribution in [0.2, 0.25) is 0 Å². The molecule has 1 aromatic carbocycles. The van der Waals surface area contributed by atoms with Gasteiger partial charge in [-0.05, 0) is 32.3 Å². The Morgan fingerprint density at radius 2 is 2.06 bits per heavy atom. The molecule has 1 rings (SSSR count). The van der Waals surface area contributed by atoms with Gasteiger partial charge in [-0.3, -0.25) is 4.79 Å². The van der Waals surface area contributed by atoms with Gasteiger partial charge in [-0.1, -0.05) is 0 Å². The Kier molecular flexibility index (Phi) is 3.95. The SMILES string of the molecule is CN(C)CC(C(=O)O)c1cc(F)ccc1F. The molecule has 88 valence electrons. The second kappa shape index (κ2) is 5.03. The summed E-state index contributed by atoms with van der Waals surface area (Å²) in [7, 11) is 3.35. The number of hydrogen-bond acceptors (Lipinski definition) is 2. The van der Waals surface area contributed by atoms with Crippen LogP contribution in [0.15, 0.2) is 18.2 Å². The first-order valence-electron chi connectivity index (χ1n) is 4.74. The van der Waals surface area contributed by atoms with Gasteiger partial charge < -0.3 is 10.0 Å². The molecule has 0 radical (unpaired) electrons. The van der Waals surface area contributed by atoms with Crippen LogP contribution in [0.25, 0.3) is 0 Å². The lowest BCUT2D eigenvalue weighted by molar-refractivity contribution is -0.139. The second-order valence-corrected chi connectivity index (χ2v) is 3.82. The van der Waals surface area contributed by atoms with Crippen molar-refractivity contribution < 1.29 is 18.7 Å². The molecule has 3 nitrogen and oxygen atoms in total. The molecule has 1 atom stereocenters. The highest BCUT2D eigenvalue weighted by molar-refractivity contribution is 5.76. The zero-order chi connectivity index (χ0) is 12.3. The predicted molar refractivity (Wildman–Crippen MR) is 55.3 cm³/mol. The fourth-order valence-electron chi connectivity index (χ4n) is 1.46. The molecule has 0 aliphatic carbocycles. The van der Waals surface area contributed by atoms with E-state index in [0.717, 1.165) is 18.2 Å². The van der Waals surface area contributed by atoms with Gasteiger partial charge in [-0.2, -0.15) is 0 Å². The van der Waals surface area contributed by atoms with Crippen LogP contribution in [0.3, 0.4) is 0 Å². The summed E-state index contributed by atoms with van der Waals surface area (Å²) in [6, 6.07) is 2.83. The quantitative estimate of drug-likeness (QED) is 0.854. The van der Waals surface area contributed by atoms with E-state index >= 15 is 0 Å². The van der Waals surface area contributed by atoms with E-state index in [1.807, 2.05) is 0 Å². The zero-order valence-corrected chi connectivity index (χ0v) is 9.08. The van der Waals surface area contributed by atoms with Gasteiger partial charge in [-0.15, -0.1) is 0 Å². The number of nitrogens with zero attached hydrogens (tertiary/aromatic N) is 1. The van der Waals surface area contributed by atoms with Crippen LogP contribution in [0.5, 0.6) is 0 Å². The number of rotatable bonds is 4. The van der Waals surface area contributed by atoms with Crippen LogP contribution < -0.4 is 0 Å². The van der Waals surface area contributed by atoms with E-state index in [0.29, 0.717) is 0 Å². The third-order valence-electron chi connectivity index (χ3n) is 2.18. The highest BCUT2D eigenvalue weighted by Gasteiger charge is 2.24. The van der Waals surface area contributed by atoms with Gasteiger partial charge >= 0.3 is 5.97 Å². The maximum absolute atomic E-state index is 13.4. The summed E-state index contributed by atoms with van der Waals surface area (Å²) in [4.78, 5) is 12.6. The lowest BCUT2D eigenvalue weighted by atomic mass is 9.98. The normalized spacial score (nSPS) is 12.8. The Morgan fingerprint density at radius 1 is 1.44 bits per heavy atom. The largest absolute Gasteiger partial charge is 0.481 e. The van der Waals surface area contributed by atoms with Gasteiger partial charge in [0.1, 0.15) is 11.6 Å². The van der Waals surface area contributed by atoms with Crippen LogP contribution >= 0.6 is 0 Å². The van der Waals surface area contributed by atoms with Gasteiger partial charge in [0.15, 0.2) is 0 Å². The minimum atomic E-state index is -1.17. The topological polar surface area (TPSA) is 40.5 Å². The molecule has 0 fully saturated rings. The van der Waals surface area contributed by atoms with Crippen molar-refractivity contribution in [2.45, 2.75) is 5.92 Å². The van der Waals surface area contributed by atoms with Gasteiger partial charge in [0.05, 0.1) is 5.92 Å². The summed E-state index contributed by atoms with van der Waals surface area (Å²) >= 11 is 0. The molecule has 0 saturated heterocycles.